The highest BCUT2D eigenvalue weighted by Crippen LogP contribution is 2.32. The molecule has 0 aliphatic carbocycles. The number of carbonyl (C=O) groups excluding carboxylic acids is 1. The number of carbonyl (C=O) groups is 1. The molecule has 102 valence electrons. The SMILES string of the molecule is CC(O)CN1C(=O)c2cc([N+](=O)[O-])ccc2S1(=O)=O. The van der Waals surface area contributed by atoms with Crippen LogP contribution in [0.15, 0.2) is 23.1 Å². The number of hydrogen-bond acceptors (Lipinski definition) is 6. The van der Waals surface area contributed by atoms with Crippen molar-refractivity contribution < 1.29 is 23.2 Å². The number of amides is 1. The number of rotatable bonds is 3. The van der Waals surface area contributed by atoms with E-state index in [4.69, 9.17) is 0 Å². The number of sulfonamides is 1. The van der Waals surface area contributed by atoms with Gasteiger partial charge < -0.3 is 5.11 Å². The zero-order valence-corrected chi connectivity index (χ0v) is 10.6. The van der Waals surface area contributed by atoms with Gasteiger partial charge in [0, 0.05) is 12.1 Å². The van der Waals surface area contributed by atoms with Crippen molar-refractivity contribution in [3.8, 4) is 0 Å². The summed E-state index contributed by atoms with van der Waals surface area (Å²) >= 11 is 0. The van der Waals surface area contributed by atoms with E-state index in [0.717, 1.165) is 18.2 Å². The first kappa shape index (κ1) is 13.4. The molecule has 1 unspecified atom stereocenters. The standard InChI is InChI=1S/C10H10N2O6S/c1-6(13)5-11-10(14)8-4-7(12(15)16)2-3-9(8)19(11,17)18/h2-4,6,13H,5H2,1H3. The molecule has 2 rings (SSSR count). The predicted octanol–water partition coefficient (Wildman–Crippen LogP) is 0.120. The molecule has 19 heavy (non-hydrogen) atoms. The van der Waals surface area contributed by atoms with Crippen molar-refractivity contribution in [1.29, 1.82) is 0 Å². The van der Waals surface area contributed by atoms with Gasteiger partial charge in [-0.25, -0.2) is 12.7 Å². The number of β-amino-alcohol motifs (C(OH)–C–C–N with tert-alkyl or cyclic N) is 1. The van der Waals surface area contributed by atoms with Crippen LogP contribution in [-0.4, -0.2) is 41.3 Å². The monoisotopic (exact) mass is 286 g/mol. The van der Waals surface area contributed by atoms with Crippen LogP contribution in [0.2, 0.25) is 0 Å². The fraction of sp³-hybridized carbons (Fsp3) is 0.300. The summed E-state index contributed by atoms with van der Waals surface area (Å²) in [6.45, 7) is 0.956. The van der Waals surface area contributed by atoms with Gasteiger partial charge in [-0.15, -0.1) is 0 Å². The maximum atomic E-state index is 12.0. The molecule has 1 heterocycles. The van der Waals surface area contributed by atoms with Gasteiger partial charge in [0.2, 0.25) is 0 Å². The Bertz CT molecular complexity index is 667. The lowest BCUT2D eigenvalue weighted by Gasteiger charge is -2.16. The van der Waals surface area contributed by atoms with Crippen LogP contribution in [0.3, 0.4) is 0 Å². The van der Waals surface area contributed by atoms with Gasteiger partial charge in [0.05, 0.1) is 23.1 Å². The third kappa shape index (κ3) is 2.06. The molecule has 0 radical (unpaired) electrons. The third-order valence-corrected chi connectivity index (χ3v) is 4.44. The van der Waals surface area contributed by atoms with E-state index < -0.39 is 27.0 Å². The van der Waals surface area contributed by atoms with Crippen molar-refractivity contribution in [2.45, 2.75) is 17.9 Å². The van der Waals surface area contributed by atoms with Gasteiger partial charge in [0.25, 0.3) is 21.6 Å². The van der Waals surface area contributed by atoms with Gasteiger partial charge in [-0.1, -0.05) is 0 Å². The minimum atomic E-state index is -4.03. The molecule has 9 heteroatoms. The average Bonchev–Trinajstić information content (AvgIpc) is 2.50. The summed E-state index contributed by atoms with van der Waals surface area (Å²) < 4.78 is 24.6. The van der Waals surface area contributed by atoms with Gasteiger partial charge in [0.15, 0.2) is 0 Å². The summed E-state index contributed by atoms with van der Waals surface area (Å²) in [5.41, 5.74) is -0.601. The molecule has 0 saturated carbocycles. The van der Waals surface area contributed by atoms with E-state index in [1.165, 1.54) is 6.92 Å². The van der Waals surface area contributed by atoms with Crippen molar-refractivity contribution in [3.63, 3.8) is 0 Å². The van der Waals surface area contributed by atoms with Crippen molar-refractivity contribution in [2.24, 2.45) is 0 Å². The fourth-order valence-corrected chi connectivity index (χ4v) is 3.44. The van der Waals surface area contributed by atoms with Crippen LogP contribution in [0.4, 0.5) is 5.69 Å². The van der Waals surface area contributed by atoms with E-state index in [0.29, 0.717) is 4.31 Å². The zero-order chi connectivity index (χ0) is 14.4. The van der Waals surface area contributed by atoms with E-state index in [1.807, 2.05) is 0 Å². The Kier molecular flexibility index (Phi) is 3.03. The molecule has 1 aromatic carbocycles. The van der Waals surface area contributed by atoms with E-state index in [9.17, 15) is 28.4 Å². The number of nitrogens with zero attached hydrogens (tertiary/aromatic N) is 2. The van der Waals surface area contributed by atoms with Crippen molar-refractivity contribution in [1.82, 2.24) is 4.31 Å². The smallest absolute Gasteiger partial charge is 0.270 e. The Morgan fingerprint density at radius 1 is 1.47 bits per heavy atom. The van der Waals surface area contributed by atoms with Gasteiger partial charge in [0.1, 0.15) is 4.90 Å². The molecular weight excluding hydrogens is 276 g/mol. The summed E-state index contributed by atoms with van der Waals surface area (Å²) in [7, 11) is -4.03. The second-order valence-corrected chi connectivity index (χ2v) is 5.96. The average molecular weight is 286 g/mol. The molecule has 1 aliphatic rings. The van der Waals surface area contributed by atoms with Crippen molar-refractivity contribution >= 4 is 21.6 Å². The van der Waals surface area contributed by atoms with Gasteiger partial charge in [-0.05, 0) is 13.0 Å². The molecule has 8 nitrogen and oxygen atoms in total. The first-order valence-corrected chi connectivity index (χ1v) is 6.72. The second-order valence-electron chi connectivity index (χ2n) is 4.13. The number of nitro benzene ring substituents is 1. The molecule has 1 aliphatic heterocycles. The maximum Gasteiger partial charge on any atom is 0.270 e. The lowest BCUT2D eigenvalue weighted by Crippen LogP contribution is -2.35. The number of aliphatic hydroxyl groups is 1. The maximum absolute atomic E-state index is 12.0. The van der Waals surface area contributed by atoms with Crippen LogP contribution in [0, 0.1) is 10.1 Å². The quantitative estimate of drug-likeness (QED) is 0.622. The summed E-state index contributed by atoms with van der Waals surface area (Å²) in [5, 5.41) is 19.8. The molecular formula is C10H10N2O6S. The minimum absolute atomic E-state index is 0.241. The largest absolute Gasteiger partial charge is 0.392 e. The zero-order valence-electron chi connectivity index (χ0n) is 9.81. The fourth-order valence-electron chi connectivity index (χ4n) is 1.81. The van der Waals surface area contributed by atoms with Crippen molar-refractivity contribution in [2.75, 3.05) is 6.54 Å². The number of benzene rings is 1. The molecule has 0 aromatic heterocycles. The van der Waals surface area contributed by atoms with Crippen LogP contribution in [0.5, 0.6) is 0 Å². The Balaban J connectivity index is 2.57. The predicted molar refractivity (Wildman–Crippen MR) is 63.0 cm³/mol. The minimum Gasteiger partial charge on any atom is -0.392 e. The third-order valence-electron chi connectivity index (χ3n) is 2.63. The van der Waals surface area contributed by atoms with E-state index in [2.05, 4.69) is 0 Å². The summed E-state index contributed by atoms with van der Waals surface area (Å²) in [6.07, 6.45) is -1.02. The normalized spacial score (nSPS) is 18.2. The molecule has 1 aromatic rings. The highest BCUT2D eigenvalue weighted by Gasteiger charge is 2.42. The van der Waals surface area contributed by atoms with E-state index in [-0.39, 0.29) is 22.7 Å². The first-order valence-electron chi connectivity index (χ1n) is 5.28. The molecule has 1 atom stereocenters. The summed E-state index contributed by atoms with van der Waals surface area (Å²) in [6, 6.07) is 2.98. The van der Waals surface area contributed by atoms with Crippen LogP contribution < -0.4 is 0 Å². The number of aliphatic hydroxyl groups excluding tert-OH is 1. The van der Waals surface area contributed by atoms with E-state index in [1.54, 1.807) is 0 Å². The summed E-state index contributed by atoms with van der Waals surface area (Å²) in [5.74, 6) is -0.861. The molecule has 0 fully saturated rings. The van der Waals surface area contributed by atoms with Crippen molar-refractivity contribution in [3.05, 3.63) is 33.9 Å². The van der Waals surface area contributed by atoms with Gasteiger partial charge in [-0.3, -0.25) is 14.9 Å². The Morgan fingerprint density at radius 3 is 2.63 bits per heavy atom. The van der Waals surface area contributed by atoms with Gasteiger partial charge >= 0.3 is 0 Å². The lowest BCUT2D eigenvalue weighted by atomic mass is 10.2. The molecule has 1 amide bonds. The Morgan fingerprint density at radius 2 is 2.11 bits per heavy atom. The summed E-state index contributed by atoms with van der Waals surface area (Å²) in [4.78, 5) is 21.6. The molecule has 0 spiro atoms. The topological polar surface area (TPSA) is 118 Å². The Labute approximate surface area is 108 Å². The number of fused-ring (bicyclic) bond motifs is 1. The van der Waals surface area contributed by atoms with Crippen LogP contribution in [0.25, 0.3) is 0 Å². The highest BCUT2D eigenvalue weighted by molar-refractivity contribution is 7.90. The Hall–Kier alpha value is -2.00. The van der Waals surface area contributed by atoms with Crippen LogP contribution in [0.1, 0.15) is 17.3 Å². The highest BCUT2D eigenvalue weighted by atomic mass is 32.2. The second kappa shape index (κ2) is 4.28. The number of non-ortho nitro benzene ring substituents is 1. The molecule has 1 N–H and O–H groups in total. The lowest BCUT2D eigenvalue weighted by molar-refractivity contribution is -0.384. The molecule has 0 bridgehead atoms. The van der Waals surface area contributed by atoms with Gasteiger partial charge in [-0.2, -0.15) is 0 Å². The van der Waals surface area contributed by atoms with Crippen LogP contribution in [-0.2, 0) is 10.0 Å². The number of hydrogen-bond donors (Lipinski definition) is 1. The van der Waals surface area contributed by atoms with Crippen LogP contribution >= 0.6 is 0 Å². The first-order chi connectivity index (χ1) is 8.75. The molecule has 0 saturated heterocycles. The number of nitro groups is 1. The van der Waals surface area contributed by atoms with E-state index >= 15 is 0 Å².